The Morgan fingerprint density at radius 1 is 1.50 bits per heavy atom. The number of thiophene rings is 1. The van der Waals surface area contributed by atoms with Crippen molar-refractivity contribution in [1.29, 1.82) is 0 Å². The summed E-state index contributed by atoms with van der Waals surface area (Å²) in [5, 5.41) is 0. The highest BCUT2D eigenvalue weighted by atomic mass is 79.9. The van der Waals surface area contributed by atoms with Gasteiger partial charge in [0.2, 0.25) is 0 Å². The van der Waals surface area contributed by atoms with Gasteiger partial charge in [-0.15, -0.1) is 17.8 Å². The quantitative estimate of drug-likeness (QED) is 0.635. The summed E-state index contributed by atoms with van der Waals surface area (Å²) in [6.07, 6.45) is 6.97. The third-order valence-corrected chi connectivity index (χ3v) is 4.68. The number of hydrazine groups is 1. The molecule has 0 bridgehead atoms. The summed E-state index contributed by atoms with van der Waals surface area (Å²) in [4.78, 5) is 26.3. The van der Waals surface area contributed by atoms with E-state index in [9.17, 15) is 9.59 Å². The summed E-state index contributed by atoms with van der Waals surface area (Å²) in [7, 11) is 0. The van der Waals surface area contributed by atoms with Gasteiger partial charge < -0.3 is 0 Å². The number of nitrogens with one attached hydrogen (secondary N) is 2. The predicted octanol–water partition coefficient (Wildman–Crippen LogP) is 1.37. The number of carbonyl (C=O) groups is 2. The Balaban J connectivity index is 1.86. The van der Waals surface area contributed by atoms with Gasteiger partial charge in [-0.05, 0) is 47.4 Å². The molecule has 2 N–H and O–H groups in total. The third kappa shape index (κ3) is 3.60. The zero-order valence-corrected chi connectivity index (χ0v) is 13.1. The van der Waals surface area contributed by atoms with E-state index in [0.717, 1.165) is 23.2 Å². The van der Waals surface area contributed by atoms with Crippen LogP contribution >= 0.6 is 27.3 Å². The molecule has 2 heterocycles. The van der Waals surface area contributed by atoms with Crippen LogP contribution in [0, 0.1) is 12.3 Å². The van der Waals surface area contributed by atoms with E-state index in [0.29, 0.717) is 11.4 Å². The Morgan fingerprint density at radius 3 is 2.95 bits per heavy atom. The van der Waals surface area contributed by atoms with Crippen LogP contribution in [0.2, 0.25) is 0 Å². The Hall–Kier alpha value is -1.36. The van der Waals surface area contributed by atoms with Crippen molar-refractivity contribution in [3.05, 3.63) is 20.8 Å². The average Bonchev–Trinajstić information content (AvgIpc) is 3.05. The van der Waals surface area contributed by atoms with Crippen LogP contribution in [0.25, 0.3) is 0 Å². The molecule has 2 rings (SSSR count). The predicted molar refractivity (Wildman–Crippen MR) is 81.1 cm³/mol. The van der Waals surface area contributed by atoms with Crippen LogP contribution in [-0.2, 0) is 4.79 Å². The second kappa shape index (κ2) is 6.88. The summed E-state index contributed by atoms with van der Waals surface area (Å²) in [5.74, 6) is 2.00. The first kappa shape index (κ1) is 15.0. The fourth-order valence-electron chi connectivity index (χ4n) is 2.13. The summed E-state index contributed by atoms with van der Waals surface area (Å²) in [6.45, 7) is 1.26. The van der Waals surface area contributed by atoms with E-state index in [2.05, 4.69) is 32.7 Å². The maximum absolute atomic E-state index is 12.0. The largest absolute Gasteiger partial charge is 0.281 e. The molecule has 7 heteroatoms. The van der Waals surface area contributed by atoms with Gasteiger partial charge in [-0.25, -0.2) is 0 Å². The van der Waals surface area contributed by atoms with E-state index in [4.69, 9.17) is 6.42 Å². The van der Waals surface area contributed by atoms with Gasteiger partial charge in [-0.2, -0.15) is 0 Å². The summed E-state index contributed by atoms with van der Waals surface area (Å²) in [6, 6.07) is 3.21. The number of nitrogens with zero attached hydrogens (tertiary/aromatic N) is 1. The highest BCUT2D eigenvalue weighted by Crippen LogP contribution is 2.21. The maximum Gasteiger partial charge on any atom is 0.279 e. The fraction of sp³-hybridized carbons (Fsp3) is 0.385. The van der Waals surface area contributed by atoms with E-state index in [1.807, 2.05) is 4.90 Å². The minimum absolute atomic E-state index is 0.221. The molecular formula is C13H14BrN3O2S. The smallest absolute Gasteiger partial charge is 0.279 e. The van der Waals surface area contributed by atoms with Crippen LogP contribution in [0.3, 0.4) is 0 Å². The number of hydrogen-bond donors (Lipinski definition) is 2. The normalized spacial score (nSPS) is 18.5. The standard InChI is InChI=1S/C13H14BrN3O2S/c1-2-7-17-8-3-4-9(17)12(18)15-16-13(19)10-5-6-11(14)20-10/h1,5-6,9H,3-4,7-8H2,(H,15,18)(H,16,19)/t9-/m0/s1. The van der Waals surface area contributed by atoms with E-state index in [1.54, 1.807) is 12.1 Å². The number of carbonyl (C=O) groups excluding carboxylic acids is 2. The molecule has 0 unspecified atom stereocenters. The molecule has 1 aliphatic rings. The van der Waals surface area contributed by atoms with Gasteiger partial charge in [0.25, 0.3) is 11.8 Å². The van der Waals surface area contributed by atoms with Crippen molar-refractivity contribution < 1.29 is 9.59 Å². The first-order valence-corrected chi connectivity index (χ1v) is 7.76. The highest BCUT2D eigenvalue weighted by Gasteiger charge is 2.30. The van der Waals surface area contributed by atoms with Gasteiger partial charge in [-0.3, -0.25) is 25.3 Å². The molecule has 0 spiro atoms. The van der Waals surface area contributed by atoms with Gasteiger partial charge in [-0.1, -0.05) is 5.92 Å². The summed E-state index contributed by atoms with van der Waals surface area (Å²) in [5.41, 5.74) is 4.89. The molecular weight excluding hydrogens is 342 g/mol. The van der Waals surface area contributed by atoms with Gasteiger partial charge in [0.15, 0.2) is 0 Å². The molecule has 1 atom stereocenters. The molecule has 0 aromatic carbocycles. The Kier molecular flexibility index (Phi) is 5.17. The topological polar surface area (TPSA) is 61.4 Å². The van der Waals surface area contributed by atoms with Crippen LogP contribution in [-0.4, -0.2) is 35.8 Å². The molecule has 0 radical (unpaired) electrons. The van der Waals surface area contributed by atoms with Crippen LogP contribution in [0.1, 0.15) is 22.5 Å². The van der Waals surface area contributed by atoms with Crippen molar-refractivity contribution in [2.24, 2.45) is 0 Å². The van der Waals surface area contributed by atoms with Gasteiger partial charge in [0.1, 0.15) is 0 Å². The summed E-state index contributed by atoms with van der Waals surface area (Å²) < 4.78 is 0.866. The molecule has 1 aromatic heterocycles. The number of halogens is 1. The van der Waals surface area contributed by atoms with Gasteiger partial charge >= 0.3 is 0 Å². The van der Waals surface area contributed by atoms with Crippen molar-refractivity contribution in [1.82, 2.24) is 15.8 Å². The Labute approximate surface area is 129 Å². The van der Waals surface area contributed by atoms with Crippen LogP contribution in [0.4, 0.5) is 0 Å². The Bertz CT molecular complexity index is 552. The lowest BCUT2D eigenvalue weighted by Crippen LogP contribution is -2.50. The van der Waals surface area contributed by atoms with Crippen LogP contribution in [0.15, 0.2) is 15.9 Å². The lowest BCUT2D eigenvalue weighted by molar-refractivity contribution is -0.126. The van der Waals surface area contributed by atoms with Gasteiger partial charge in [0.05, 0.1) is 21.3 Å². The first-order chi connectivity index (χ1) is 9.61. The van der Waals surface area contributed by atoms with Gasteiger partial charge in [0, 0.05) is 0 Å². The molecule has 1 aliphatic heterocycles. The van der Waals surface area contributed by atoms with Crippen LogP contribution < -0.4 is 10.9 Å². The molecule has 2 amide bonds. The third-order valence-electron chi connectivity index (χ3n) is 3.06. The zero-order chi connectivity index (χ0) is 14.5. The molecule has 1 aromatic rings. The van der Waals surface area contributed by atoms with E-state index >= 15 is 0 Å². The first-order valence-electron chi connectivity index (χ1n) is 6.15. The van der Waals surface area contributed by atoms with Crippen molar-refractivity contribution in [3.8, 4) is 12.3 Å². The number of likely N-dealkylation sites (tertiary alicyclic amines) is 1. The van der Waals surface area contributed by atoms with E-state index in [1.165, 1.54) is 11.3 Å². The zero-order valence-electron chi connectivity index (χ0n) is 10.7. The highest BCUT2D eigenvalue weighted by molar-refractivity contribution is 9.11. The van der Waals surface area contributed by atoms with Crippen molar-refractivity contribution >= 4 is 39.1 Å². The number of rotatable bonds is 3. The van der Waals surface area contributed by atoms with Crippen molar-refractivity contribution in [2.45, 2.75) is 18.9 Å². The molecule has 1 saturated heterocycles. The number of terminal acetylenes is 1. The molecule has 20 heavy (non-hydrogen) atoms. The minimum Gasteiger partial charge on any atom is -0.281 e. The molecule has 0 saturated carbocycles. The van der Waals surface area contributed by atoms with Crippen LogP contribution in [0.5, 0.6) is 0 Å². The maximum atomic E-state index is 12.0. The molecule has 1 fully saturated rings. The molecule has 106 valence electrons. The number of amides is 2. The lowest BCUT2D eigenvalue weighted by Gasteiger charge is -2.21. The summed E-state index contributed by atoms with van der Waals surface area (Å²) >= 11 is 4.59. The number of hydrogen-bond acceptors (Lipinski definition) is 4. The fourth-order valence-corrected chi connectivity index (χ4v) is 3.41. The average molecular weight is 356 g/mol. The molecule has 5 nitrogen and oxygen atoms in total. The second-order valence-corrected chi connectivity index (χ2v) is 6.84. The van der Waals surface area contributed by atoms with Crippen molar-refractivity contribution in [3.63, 3.8) is 0 Å². The lowest BCUT2D eigenvalue weighted by atomic mass is 10.2. The van der Waals surface area contributed by atoms with E-state index in [-0.39, 0.29) is 17.9 Å². The Morgan fingerprint density at radius 2 is 2.30 bits per heavy atom. The SMILES string of the molecule is C#CCN1CCC[C@H]1C(=O)NNC(=O)c1ccc(Br)s1. The van der Waals surface area contributed by atoms with Crippen molar-refractivity contribution in [2.75, 3.05) is 13.1 Å². The molecule has 0 aliphatic carbocycles. The monoisotopic (exact) mass is 355 g/mol. The second-order valence-electron chi connectivity index (χ2n) is 4.38. The minimum atomic E-state index is -0.324. The van der Waals surface area contributed by atoms with E-state index < -0.39 is 0 Å².